The molecule has 0 nitrogen and oxygen atoms in total. The third-order valence-corrected chi connectivity index (χ3v) is 0. The molecule has 0 aliphatic rings. The van der Waals surface area contributed by atoms with E-state index < -0.39 is 0.665 Å². The topological polar surface area (TPSA) is 0 Å². The van der Waals surface area contributed by atoms with Crippen LogP contribution in [0.15, 0.2) is 0 Å². The molecule has 0 atom stereocenters. The Morgan fingerprint density at radius 3 is 0.556 bits per heavy atom. The minimum atomic E-state index is -3.18. The first-order valence-corrected chi connectivity index (χ1v) is 24.6. The third-order valence-electron chi connectivity index (χ3n) is 0. The summed E-state index contributed by atoms with van der Waals surface area (Å²) in [4.78, 5) is 0. The summed E-state index contributed by atoms with van der Waals surface area (Å²) in [6.45, 7) is 0. The average Bonchev–Trinajstić information content (AvgIpc) is 0.592. The van der Waals surface area contributed by atoms with Crippen LogP contribution in [0, 0.1) is 0 Å². The summed E-state index contributed by atoms with van der Waals surface area (Å²) in [6, 6.07) is 0. The van der Waals surface area contributed by atoms with Gasteiger partial charge in [-0.3, -0.25) is 0 Å². The Morgan fingerprint density at radius 2 is 0.556 bits per heavy atom. The molecule has 9 heavy (non-hydrogen) atoms. The first-order valence-electron chi connectivity index (χ1n) is 0.802. The van der Waals surface area contributed by atoms with E-state index in [1.807, 2.05) is 0 Å². The molecule has 0 radical (unpaired) electrons. The van der Waals surface area contributed by atoms with Crippen LogP contribution in [0.1, 0.15) is 0 Å². The van der Waals surface area contributed by atoms with E-state index in [0.717, 1.165) is 0 Å². The predicted octanol–water partition coefficient (Wildman–Crippen LogP) is -0.921. The number of rotatable bonds is 0. The van der Waals surface area contributed by atoms with Crippen molar-refractivity contribution in [2.75, 3.05) is 0 Å². The molecule has 0 aromatic heterocycles. The van der Waals surface area contributed by atoms with Gasteiger partial charge in [-0.25, -0.2) is 0 Å². The second kappa shape index (κ2) is 5.91. The van der Waals surface area contributed by atoms with Crippen LogP contribution in [-0.2, 0) is 0.665 Å². The van der Waals surface area contributed by atoms with Crippen LogP contribution in [0.25, 0.3) is 0 Å². The van der Waals surface area contributed by atoms with Gasteiger partial charge in [-0.2, -0.15) is 0 Å². The summed E-state index contributed by atoms with van der Waals surface area (Å²) in [7, 11) is 0. The Kier molecular flexibility index (Phi) is 13.9. The first kappa shape index (κ1) is 21.1. The molecule has 0 aliphatic carbocycles. The van der Waals surface area contributed by atoms with Crippen molar-refractivity contribution in [2.24, 2.45) is 0 Å². The standard InChI is InChI=1S/6BrH.2K.Ru/h6*1H;;;/q;;;;;;2*+1;+4/p-6. The first-order chi connectivity index (χ1) is 2.45. The quantitative estimate of drug-likeness (QED) is 0.296. The zero-order valence-corrected chi connectivity index (χ0v) is 22.1. The fourth-order valence-electron chi connectivity index (χ4n) is 0. The molecule has 0 saturated carbocycles. The number of hydrogen-bond donors (Lipinski definition) is 0. The van der Waals surface area contributed by atoms with Gasteiger partial charge in [0.2, 0.25) is 0 Å². The largest absolute Gasteiger partial charge is 1.00 e. The van der Waals surface area contributed by atoms with Gasteiger partial charge in [0.1, 0.15) is 0 Å². The SMILES string of the molecule is [Br][Ru-2]([Br])([Br])([Br])([Br])[Br].[K+].[K+]. The van der Waals surface area contributed by atoms with Gasteiger partial charge >= 0.3 is 185 Å². The van der Waals surface area contributed by atoms with Gasteiger partial charge in [0.25, 0.3) is 0 Å². The molecule has 0 bridgehead atoms. The van der Waals surface area contributed by atoms with Crippen LogP contribution in [0.3, 0.4) is 0 Å². The van der Waals surface area contributed by atoms with E-state index >= 15 is 0 Å². The van der Waals surface area contributed by atoms with Crippen molar-refractivity contribution in [3.05, 3.63) is 0 Å². The second-order valence-corrected chi connectivity index (χ2v) is 121. The smallest absolute Gasteiger partial charge is 1.00 e. The molecule has 0 spiro atoms. The van der Waals surface area contributed by atoms with Crippen LogP contribution < -0.4 is 103 Å². The molecule has 0 aliphatic heterocycles. The van der Waals surface area contributed by atoms with Crippen molar-refractivity contribution >= 4 is 81.7 Å². The average molecular weight is 659 g/mol. The van der Waals surface area contributed by atoms with Gasteiger partial charge in [0.15, 0.2) is 0 Å². The minimum Gasteiger partial charge on any atom is 1.00 e. The molecule has 0 fully saturated rings. The van der Waals surface area contributed by atoms with Gasteiger partial charge in [0.05, 0.1) is 0 Å². The molecular weight excluding hydrogens is 659 g/mol. The monoisotopic (exact) mass is 653 g/mol. The Labute approximate surface area is 178 Å². The summed E-state index contributed by atoms with van der Waals surface area (Å²) >= 11 is 20.1. The van der Waals surface area contributed by atoms with Crippen molar-refractivity contribution in [3.63, 3.8) is 0 Å². The van der Waals surface area contributed by atoms with Crippen molar-refractivity contribution < 1.29 is 103 Å². The van der Waals surface area contributed by atoms with Crippen LogP contribution in [0.4, 0.5) is 0 Å². The van der Waals surface area contributed by atoms with Gasteiger partial charge in [-0.15, -0.1) is 0 Å². The fraction of sp³-hybridized carbons (Fsp3) is 0. The van der Waals surface area contributed by atoms with Crippen molar-refractivity contribution in [1.82, 2.24) is 0 Å². The number of halogens is 6. The Morgan fingerprint density at radius 1 is 0.556 bits per heavy atom. The third kappa shape index (κ3) is 52.5. The van der Waals surface area contributed by atoms with Gasteiger partial charge in [-0.05, 0) is 0 Å². The normalized spacial score (nSPS) is 18.0. The van der Waals surface area contributed by atoms with Crippen molar-refractivity contribution in [1.29, 1.82) is 0 Å². The van der Waals surface area contributed by atoms with Gasteiger partial charge < -0.3 is 0 Å². The molecule has 0 heterocycles. The maximum absolute atomic E-state index is 3.34. The van der Waals surface area contributed by atoms with Gasteiger partial charge in [0, 0.05) is 0 Å². The minimum absolute atomic E-state index is 0. The molecule has 0 aromatic rings. The second-order valence-electron chi connectivity index (χ2n) is 0.758. The maximum Gasteiger partial charge on any atom is 1.00 e. The summed E-state index contributed by atoms with van der Waals surface area (Å²) in [5.74, 6) is 0. The molecule has 52 valence electrons. The van der Waals surface area contributed by atoms with Crippen LogP contribution in [0.5, 0.6) is 0 Å². The molecule has 0 amide bonds. The van der Waals surface area contributed by atoms with Crippen LogP contribution in [0.2, 0.25) is 0 Å². The predicted molar refractivity (Wildman–Crippen MR) is 53.6 cm³/mol. The van der Waals surface area contributed by atoms with E-state index in [0.29, 0.717) is 0 Å². The Bertz CT molecular complexity index is 69.6. The zero-order valence-electron chi connectivity index (χ0n) is 4.62. The van der Waals surface area contributed by atoms with E-state index in [9.17, 15) is 0 Å². The summed E-state index contributed by atoms with van der Waals surface area (Å²) in [6.07, 6.45) is 0. The van der Waals surface area contributed by atoms with E-state index in [-0.39, 0.29) is 103 Å². The van der Waals surface area contributed by atoms with Crippen molar-refractivity contribution in [3.8, 4) is 0 Å². The van der Waals surface area contributed by atoms with Crippen LogP contribution in [-0.4, -0.2) is 0 Å². The summed E-state index contributed by atoms with van der Waals surface area (Å²) in [5.41, 5.74) is 0. The summed E-state index contributed by atoms with van der Waals surface area (Å²) in [5, 5.41) is 0. The van der Waals surface area contributed by atoms with E-state index in [1.54, 1.807) is 0 Å². The van der Waals surface area contributed by atoms with Crippen molar-refractivity contribution in [2.45, 2.75) is 0 Å². The van der Waals surface area contributed by atoms with Gasteiger partial charge in [-0.1, -0.05) is 0 Å². The Hall–Kier alpha value is 6.78. The molecule has 0 aromatic carbocycles. The Balaban J connectivity index is -0.000000180. The molecule has 0 N–H and O–H groups in total. The molecule has 9 heteroatoms. The maximum atomic E-state index is 3.34. The molecule has 0 rings (SSSR count). The molecular formula is Br6K2Ru. The zero-order chi connectivity index (χ0) is 6.41. The molecule has 0 saturated heterocycles. The van der Waals surface area contributed by atoms with Crippen LogP contribution >= 0.6 is 81.7 Å². The number of hydrogen-bond acceptors (Lipinski definition) is 0. The molecule has 0 unspecified atom stereocenters. The van der Waals surface area contributed by atoms with E-state index in [4.69, 9.17) is 0 Å². The van der Waals surface area contributed by atoms with E-state index in [1.165, 1.54) is 0 Å². The fourth-order valence-corrected chi connectivity index (χ4v) is 0. The summed E-state index contributed by atoms with van der Waals surface area (Å²) < 4.78 is -3.18. The van der Waals surface area contributed by atoms with E-state index in [2.05, 4.69) is 81.7 Å².